The molecule has 0 radical (unpaired) electrons. The van der Waals surface area contributed by atoms with Crippen molar-refractivity contribution >= 4 is 5.96 Å². The topological polar surface area (TPSA) is 58.5 Å². The Balaban J connectivity index is 2.56. The zero-order valence-corrected chi connectivity index (χ0v) is 11.4. The van der Waals surface area contributed by atoms with Gasteiger partial charge in [-0.1, -0.05) is 13.0 Å². The number of aliphatic imine (C=N–C) groups is 1. The summed E-state index contributed by atoms with van der Waals surface area (Å²) in [6.45, 7) is 6.57. The van der Waals surface area contributed by atoms with Crippen molar-refractivity contribution in [2.24, 2.45) is 4.99 Å². The number of ether oxygens (including phenoxy) is 1. The summed E-state index contributed by atoms with van der Waals surface area (Å²) >= 11 is 0. The maximum Gasteiger partial charge on any atom is 0.212 e. The lowest BCUT2D eigenvalue weighted by Crippen LogP contribution is -2.37. The molecule has 0 saturated carbocycles. The van der Waals surface area contributed by atoms with E-state index in [-0.39, 0.29) is 0 Å². The Morgan fingerprint density at radius 1 is 1.33 bits per heavy atom. The Bertz CT molecular complexity index is 362. The molecule has 5 heteroatoms. The fourth-order valence-corrected chi connectivity index (χ4v) is 1.38. The molecule has 0 aliphatic rings. The summed E-state index contributed by atoms with van der Waals surface area (Å²) in [6.07, 6.45) is 2.86. The van der Waals surface area contributed by atoms with Crippen molar-refractivity contribution in [2.75, 3.05) is 20.2 Å². The molecular formula is C13H22N4O. The highest BCUT2D eigenvalue weighted by Gasteiger charge is 1.97. The molecule has 1 aromatic rings. The van der Waals surface area contributed by atoms with Crippen molar-refractivity contribution < 1.29 is 4.74 Å². The molecular weight excluding hydrogens is 228 g/mol. The van der Waals surface area contributed by atoms with Crippen LogP contribution in [0.5, 0.6) is 5.88 Å². The minimum absolute atomic E-state index is 0.607. The highest BCUT2D eigenvalue weighted by Crippen LogP contribution is 2.07. The molecule has 100 valence electrons. The van der Waals surface area contributed by atoms with E-state index in [9.17, 15) is 0 Å². The average Bonchev–Trinajstić information content (AvgIpc) is 2.42. The largest absolute Gasteiger partial charge is 0.481 e. The maximum absolute atomic E-state index is 5.01. The van der Waals surface area contributed by atoms with Crippen molar-refractivity contribution in [3.63, 3.8) is 0 Å². The van der Waals surface area contributed by atoms with Crippen molar-refractivity contribution in [3.8, 4) is 5.88 Å². The van der Waals surface area contributed by atoms with Crippen LogP contribution in [0, 0.1) is 0 Å². The van der Waals surface area contributed by atoms with Crippen molar-refractivity contribution in [2.45, 2.75) is 26.8 Å². The minimum Gasteiger partial charge on any atom is -0.481 e. The van der Waals surface area contributed by atoms with Gasteiger partial charge in [-0.05, 0) is 18.9 Å². The summed E-state index contributed by atoms with van der Waals surface area (Å²) < 4.78 is 5.01. The van der Waals surface area contributed by atoms with E-state index >= 15 is 0 Å². The van der Waals surface area contributed by atoms with Gasteiger partial charge in [0.05, 0.1) is 13.7 Å². The number of nitrogens with zero attached hydrogens (tertiary/aromatic N) is 2. The molecule has 1 heterocycles. The van der Waals surface area contributed by atoms with E-state index in [4.69, 9.17) is 4.74 Å². The summed E-state index contributed by atoms with van der Waals surface area (Å²) in [7, 11) is 1.61. The molecule has 0 saturated heterocycles. The second kappa shape index (κ2) is 8.33. The number of pyridine rings is 1. The third-order valence-corrected chi connectivity index (χ3v) is 2.31. The lowest BCUT2D eigenvalue weighted by molar-refractivity contribution is 0.397. The second-order valence-corrected chi connectivity index (χ2v) is 3.83. The fourth-order valence-electron chi connectivity index (χ4n) is 1.38. The summed E-state index contributed by atoms with van der Waals surface area (Å²) in [4.78, 5) is 8.64. The predicted molar refractivity (Wildman–Crippen MR) is 73.9 cm³/mol. The van der Waals surface area contributed by atoms with Crippen LogP contribution in [-0.4, -0.2) is 31.1 Å². The van der Waals surface area contributed by atoms with Crippen LogP contribution >= 0.6 is 0 Å². The van der Waals surface area contributed by atoms with Crippen LogP contribution in [0.1, 0.15) is 25.8 Å². The number of methoxy groups -OCH3 is 1. The monoisotopic (exact) mass is 250 g/mol. The predicted octanol–water partition coefficient (Wildman–Crippen LogP) is 1.56. The highest BCUT2D eigenvalue weighted by molar-refractivity contribution is 5.79. The van der Waals surface area contributed by atoms with Gasteiger partial charge >= 0.3 is 0 Å². The summed E-state index contributed by atoms with van der Waals surface area (Å²) in [6, 6.07) is 3.82. The summed E-state index contributed by atoms with van der Waals surface area (Å²) in [5.41, 5.74) is 1.06. The molecule has 0 atom stereocenters. The first-order valence-electron chi connectivity index (χ1n) is 6.31. The SMILES string of the molecule is CCCNC(=NCc1ccc(OC)nc1)NCC. The number of hydrogen-bond donors (Lipinski definition) is 2. The number of nitrogens with one attached hydrogen (secondary N) is 2. The Labute approximate surface area is 109 Å². The minimum atomic E-state index is 0.607. The third-order valence-electron chi connectivity index (χ3n) is 2.31. The summed E-state index contributed by atoms with van der Waals surface area (Å²) in [5, 5.41) is 6.46. The zero-order chi connectivity index (χ0) is 13.2. The Kier molecular flexibility index (Phi) is 6.61. The molecule has 0 fully saturated rings. The molecule has 0 aromatic carbocycles. The molecule has 0 spiro atoms. The van der Waals surface area contributed by atoms with Gasteiger partial charge in [-0.2, -0.15) is 0 Å². The number of hydrogen-bond acceptors (Lipinski definition) is 3. The van der Waals surface area contributed by atoms with Crippen molar-refractivity contribution in [1.29, 1.82) is 0 Å². The molecule has 5 nitrogen and oxygen atoms in total. The van der Waals surface area contributed by atoms with Crippen LogP contribution in [0.15, 0.2) is 23.3 Å². The van der Waals surface area contributed by atoms with Gasteiger partial charge < -0.3 is 15.4 Å². The van der Waals surface area contributed by atoms with E-state index in [0.29, 0.717) is 12.4 Å². The van der Waals surface area contributed by atoms with E-state index in [1.807, 2.05) is 12.1 Å². The zero-order valence-electron chi connectivity index (χ0n) is 11.4. The average molecular weight is 250 g/mol. The van der Waals surface area contributed by atoms with Crippen LogP contribution in [0.4, 0.5) is 0 Å². The van der Waals surface area contributed by atoms with Crippen LogP contribution < -0.4 is 15.4 Å². The van der Waals surface area contributed by atoms with E-state index in [2.05, 4.69) is 34.5 Å². The molecule has 0 bridgehead atoms. The molecule has 2 N–H and O–H groups in total. The van der Waals surface area contributed by atoms with Gasteiger partial charge in [-0.15, -0.1) is 0 Å². The molecule has 1 rings (SSSR count). The molecule has 18 heavy (non-hydrogen) atoms. The van der Waals surface area contributed by atoms with E-state index in [1.165, 1.54) is 0 Å². The molecule has 0 unspecified atom stereocenters. The first kappa shape index (κ1) is 14.3. The number of rotatable bonds is 6. The highest BCUT2D eigenvalue weighted by atomic mass is 16.5. The smallest absolute Gasteiger partial charge is 0.212 e. The second-order valence-electron chi connectivity index (χ2n) is 3.83. The van der Waals surface area contributed by atoms with Gasteiger partial charge in [0, 0.05) is 25.4 Å². The van der Waals surface area contributed by atoms with E-state index in [1.54, 1.807) is 13.3 Å². The normalized spacial score (nSPS) is 11.2. The molecule has 0 aliphatic carbocycles. The van der Waals surface area contributed by atoms with Crippen molar-refractivity contribution in [1.82, 2.24) is 15.6 Å². The quantitative estimate of drug-likeness (QED) is 0.594. The third kappa shape index (κ3) is 5.03. The van der Waals surface area contributed by atoms with Gasteiger partial charge in [0.1, 0.15) is 0 Å². The van der Waals surface area contributed by atoms with Gasteiger partial charge in [0.15, 0.2) is 5.96 Å². The van der Waals surface area contributed by atoms with Gasteiger partial charge in [-0.3, -0.25) is 0 Å². The molecule has 0 amide bonds. The standard InChI is InChI=1S/C13H22N4O/c1-4-8-15-13(14-5-2)17-10-11-6-7-12(18-3)16-9-11/h6-7,9H,4-5,8,10H2,1-3H3,(H2,14,15,17). The Morgan fingerprint density at radius 2 is 2.17 bits per heavy atom. The molecule has 0 aliphatic heterocycles. The summed E-state index contributed by atoms with van der Waals surface area (Å²) in [5.74, 6) is 1.47. The van der Waals surface area contributed by atoms with Gasteiger partial charge in [-0.25, -0.2) is 9.98 Å². The molecule has 1 aromatic heterocycles. The van der Waals surface area contributed by atoms with E-state index in [0.717, 1.165) is 31.0 Å². The first-order valence-corrected chi connectivity index (χ1v) is 6.31. The number of guanidine groups is 1. The van der Waals surface area contributed by atoms with Gasteiger partial charge in [0.2, 0.25) is 5.88 Å². The van der Waals surface area contributed by atoms with Crippen LogP contribution in [0.3, 0.4) is 0 Å². The van der Waals surface area contributed by atoms with E-state index < -0.39 is 0 Å². The van der Waals surface area contributed by atoms with Crippen LogP contribution in [0.25, 0.3) is 0 Å². The lowest BCUT2D eigenvalue weighted by Gasteiger charge is -2.10. The first-order chi connectivity index (χ1) is 8.80. The number of aromatic nitrogens is 1. The fraction of sp³-hybridized carbons (Fsp3) is 0.538. The Morgan fingerprint density at radius 3 is 2.72 bits per heavy atom. The van der Waals surface area contributed by atoms with Crippen molar-refractivity contribution in [3.05, 3.63) is 23.9 Å². The van der Waals surface area contributed by atoms with Crippen LogP contribution in [0.2, 0.25) is 0 Å². The van der Waals surface area contributed by atoms with Crippen LogP contribution in [-0.2, 0) is 6.54 Å². The Hall–Kier alpha value is -1.78. The maximum atomic E-state index is 5.01. The lowest BCUT2D eigenvalue weighted by atomic mass is 10.3. The van der Waals surface area contributed by atoms with Gasteiger partial charge in [0.25, 0.3) is 0 Å².